The molecule has 0 atom stereocenters. The molecule has 2 aromatic heterocycles. The maximum Gasteiger partial charge on any atom is 0.241 e. The van der Waals surface area contributed by atoms with E-state index in [0.717, 1.165) is 12.1 Å². The Morgan fingerprint density at radius 1 is 1.04 bits per heavy atom. The molecule has 0 saturated heterocycles. The molecule has 0 fully saturated rings. The smallest absolute Gasteiger partial charge is 0.241 e. The normalized spacial score (nSPS) is 10.6. The lowest BCUT2D eigenvalue weighted by atomic mass is 10.1. The second kappa shape index (κ2) is 8.03. The monoisotopic (exact) mass is 387 g/mol. The van der Waals surface area contributed by atoms with Crippen LogP contribution in [0, 0.1) is 17.5 Å². The summed E-state index contributed by atoms with van der Waals surface area (Å²) in [6.07, 6.45) is 1.55. The van der Waals surface area contributed by atoms with Crippen LogP contribution in [0.25, 0.3) is 22.8 Å². The van der Waals surface area contributed by atoms with Gasteiger partial charge < -0.3 is 10.2 Å². The number of benzene rings is 1. The third-order valence-electron chi connectivity index (χ3n) is 3.85. The predicted octanol–water partition coefficient (Wildman–Crippen LogP) is 3.12. The summed E-state index contributed by atoms with van der Waals surface area (Å²) >= 11 is 0. The number of amides is 1. The zero-order valence-electron chi connectivity index (χ0n) is 15.1. The number of halogens is 3. The zero-order chi connectivity index (χ0) is 20.3. The van der Waals surface area contributed by atoms with E-state index in [1.807, 2.05) is 0 Å². The first kappa shape index (κ1) is 19.3. The molecule has 2 heterocycles. The van der Waals surface area contributed by atoms with Crippen molar-refractivity contribution in [1.82, 2.24) is 19.9 Å². The summed E-state index contributed by atoms with van der Waals surface area (Å²) in [5.74, 6) is -4.48. The van der Waals surface area contributed by atoms with E-state index in [-0.39, 0.29) is 29.7 Å². The molecule has 3 rings (SSSR count). The van der Waals surface area contributed by atoms with Crippen molar-refractivity contribution in [3.63, 3.8) is 0 Å². The molecule has 0 radical (unpaired) electrons. The minimum atomic E-state index is -1.61. The van der Waals surface area contributed by atoms with Crippen LogP contribution in [0.1, 0.15) is 0 Å². The first-order valence-electron chi connectivity index (χ1n) is 8.25. The van der Waals surface area contributed by atoms with Gasteiger partial charge in [-0.25, -0.2) is 23.1 Å². The summed E-state index contributed by atoms with van der Waals surface area (Å²) in [4.78, 5) is 25.8. The number of carbonyl (C=O) groups is 1. The fraction of sp³-hybridized carbons (Fsp3) is 0.158. The van der Waals surface area contributed by atoms with Gasteiger partial charge in [-0.05, 0) is 24.3 Å². The molecule has 144 valence electrons. The Bertz CT molecular complexity index is 1010. The van der Waals surface area contributed by atoms with Gasteiger partial charge in [0.1, 0.15) is 5.82 Å². The highest BCUT2D eigenvalue weighted by Crippen LogP contribution is 2.27. The molecule has 0 bridgehead atoms. The fourth-order valence-corrected chi connectivity index (χ4v) is 2.33. The molecule has 6 nitrogen and oxygen atoms in total. The number of likely N-dealkylation sites (N-methyl/N-ethyl adjacent to an activating group) is 1. The number of nitrogens with one attached hydrogen (secondary N) is 1. The second-order valence-electron chi connectivity index (χ2n) is 6.04. The Balaban J connectivity index is 2.08. The van der Waals surface area contributed by atoms with Crippen molar-refractivity contribution in [3.8, 4) is 22.8 Å². The van der Waals surface area contributed by atoms with Crippen LogP contribution in [0.5, 0.6) is 0 Å². The maximum atomic E-state index is 14.2. The quantitative estimate of drug-likeness (QED) is 0.681. The Morgan fingerprint density at radius 2 is 1.82 bits per heavy atom. The molecule has 0 aliphatic rings. The lowest BCUT2D eigenvalue weighted by Crippen LogP contribution is -2.28. The van der Waals surface area contributed by atoms with Crippen molar-refractivity contribution < 1.29 is 18.0 Å². The van der Waals surface area contributed by atoms with E-state index in [9.17, 15) is 18.0 Å². The number of carbonyl (C=O) groups excluding carboxylic acids is 1. The molecule has 0 aliphatic carbocycles. The van der Waals surface area contributed by atoms with E-state index < -0.39 is 17.5 Å². The fourth-order valence-electron chi connectivity index (χ4n) is 2.33. The standard InChI is InChI=1S/C19H16F3N5O/c1-27(2)16(28)10-24-15-9-14(13-5-3-4-8-23-13)25-19(26-15)11-6-7-12(20)18(22)17(11)21/h3-9H,10H2,1-2H3,(H,24,25,26). The first-order valence-corrected chi connectivity index (χ1v) is 8.25. The molecule has 28 heavy (non-hydrogen) atoms. The molecule has 9 heteroatoms. The summed E-state index contributed by atoms with van der Waals surface area (Å²) in [6.45, 7) is -0.0641. The summed E-state index contributed by atoms with van der Waals surface area (Å²) in [7, 11) is 3.21. The predicted molar refractivity (Wildman–Crippen MR) is 97.8 cm³/mol. The van der Waals surface area contributed by atoms with Gasteiger partial charge in [0.05, 0.1) is 23.5 Å². The van der Waals surface area contributed by atoms with E-state index in [2.05, 4.69) is 20.3 Å². The van der Waals surface area contributed by atoms with Crippen molar-refractivity contribution in [3.05, 3.63) is 60.0 Å². The molecular weight excluding hydrogens is 371 g/mol. The van der Waals surface area contributed by atoms with E-state index in [0.29, 0.717) is 11.4 Å². The van der Waals surface area contributed by atoms with Crippen LogP contribution in [0.3, 0.4) is 0 Å². The van der Waals surface area contributed by atoms with Crippen LogP contribution >= 0.6 is 0 Å². The molecule has 0 unspecified atom stereocenters. The number of rotatable bonds is 5. The number of pyridine rings is 1. The highest BCUT2D eigenvalue weighted by atomic mass is 19.2. The largest absolute Gasteiger partial charge is 0.361 e. The number of anilines is 1. The highest BCUT2D eigenvalue weighted by Gasteiger charge is 2.18. The highest BCUT2D eigenvalue weighted by molar-refractivity contribution is 5.80. The summed E-state index contributed by atoms with van der Waals surface area (Å²) < 4.78 is 41.2. The van der Waals surface area contributed by atoms with E-state index >= 15 is 0 Å². The average molecular weight is 387 g/mol. The molecule has 1 aromatic carbocycles. The lowest BCUT2D eigenvalue weighted by molar-refractivity contribution is -0.126. The van der Waals surface area contributed by atoms with E-state index in [4.69, 9.17) is 0 Å². The minimum absolute atomic E-state index is 0.0641. The minimum Gasteiger partial charge on any atom is -0.361 e. The molecule has 0 saturated carbocycles. The Labute approximate surface area is 159 Å². The van der Waals surface area contributed by atoms with Crippen molar-refractivity contribution >= 4 is 11.7 Å². The Hall–Kier alpha value is -3.49. The third kappa shape index (κ3) is 4.08. The second-order valence-corrected chi connectivity index (χ2v) is 6.04. The van der Waals surface area contributed by atoms with Crippen LogP contribution in [-0.2, 0) is 4.79 Å². The van der Waals surface area contributed by atoms with Gasteiger partial charge in [-0.1, -0.05) is 6.07 Å². The first-order chi connectivity index (χ1) is 13.4. The van der Waals surface area contributed by atoms with Crippen LogP contribution in [0.2, 0.25) is 0 Å². The van der Waals surface area contributed by atoms with Gasteiger partial charge in [-0.2, -0.15) is 0 Å². The zero-order valence-corrected chi connectivity index (χ0v) is 15.1. The number of aromatic nitrogens is 3. The van der Waals surface area contributed by atoms with Gasteiger partial charge in [0, 0.05) is 26.4 Å². The SMILES string of the molecule is CN(C)C(=O)CNc1cc(-c2ccccn2)nc(-c2ccc(F)c(F)c2F)n1. The van der Waals surface area contributed by atoms with Gasteiger partial charge >= 0.3 is 0 Å². The molecule has 1 N–H and O–H groups in total. The van der Waals surface area contributed by atoms with Crippen LogP contribution in [0.15, 0.2) is 42.6 Å². The summed E-state index contributed by atoms with van der Waals surface area (Å²) in [6, 6.07) is 8.53. The average Bonchev–Trinajstić information content (AvgIpc) is 2.70. The molecule has 0 aliphatic heterocycles. The van der Waals surface area contributed by atoms with Crippen molar-refractivity contribution in [1.29, 1.82) is 0 Å². The lowest BCUT2D eigenvalue weighted by Gasteiger charge is -2.13. The van der Waals surface area contributed by atoms with Gasteiger partial charge in [0.2, 0.25) is 5.91 Å². The third-order valence-corrected chi connectivity index (χ3v) is 3.85. The molecule has 3 aromatic rings. The van der Waals surface area contributed by atoms with Crippen molar-refractivity contribution in [2.45, 2.75) is 0 Å². The van der Waals surface area contributed by atoms with E-state index in [1.54, 1.807) is 38.5 Å². The van der Waals surface area contributed by atoms with Crippen LogP contribution < -0.4 is 5.32 Å². The van der Waals surface area contributed by atoms with Crippen molar-refractivity contribution in [2.24, 2.45) is 0 Å². The van der Waals surface area contributed by atoms with Gasteiger partial charge in [0.25, 0.3) is 0 Å². The molecule has 1 amide bonds. The topological polar surface area (TPSA) is 71.0 Å². The summed E-state index contributed by atoms with van der Waals surface area (Å²) in [5.41, 5.74) is 0.490. The number of nitrogens with zero attached hydrogens (tertiary/aromatic N) is 4. The Morgan fingerprint density at radius 3 is 2.50 bits per heavy atom. The van der Waals surface area contributed by atoms with Crippen molar-refractivity contribution in [2.75, 3.05) is 26.0 Å². The summed E-state index contributed by atoms with van der Waals surface area (Å²) in [5, 5.41) is 2.83. The van der Waals surface area contributed by atoms with E-state index in [1.165, 1.54) is 11.0 Å². The number of hydrogen-bond acceptors (Lipinski definition) is 5. The van der Waals surface area contributed by atoms with Gasteiger partial charge in [0.15, 0.2) is 23.3 Å². The molecular formula is C19H16F3N5O. The Kier molecular flexibility index (Phi) is 5.53. The van der Waals surface area contributed by atoms with Crippen LogP contribution in [-0.4, -0.2) is 46.4 Å². The number of hydrogen-bond donors (Lipinski definition) is 1. The van der Waals surface area contributed by atoms with Gasteiger partial charge in [-0.15, -0.1) is 0 Å². The van der Waals surface area contributed by atoms with Crippen LogP contribution in [0.4, 0.5) is 19.0 Å². The molecule has 0 spiro atoms. The maximum absolute atomic E-state index is 14.2. The van der Waals surface area contributed by atoms with Gasteiger partial charge in [-0.3, -0.25) is 9.78 Å².